The van der Waals surface area contributed by atoms with Crippen LogP contribution in [0, 0.1) is 46.3 Å². The highest BCUT2D eigenvalue weighted by Gasteiger charge is 2.66. The number of rotatable bonds is 9. The molecule has 4 rings (SSSR count). The number of fused-ring (bicyclic) bond motifs is 5. The third kappa shape index (κ3) is 5.29. The van der Waals surface area contributed by atoms with E-state index in [4.69, 9.17) is 10.2 Å². The maximum atomic E-state index is 14.7. The SMILES string of the molecule is C[C@H](CCCN(CC(=O)O)CC(=O)O)[C@H]1CC[C@H]2[C@@H]3[C@@H](O)C[C@@H]4C[C@@H](O)C(F)(F)C[C@]4(C)[C@H]3CC[C@]12C. The molecule has 7 nitrogen and oxygen atoms in total. The van der Waals surface area contributed by atoms with E-state index >= 15 is 0 Å². The first-order valence-electron chi connectivity index (χ1n) is 14.1. The van der Waals surface area contributed by atoms with Crippen molar-refractivity contribution in [2.24, 2.45) is 46.3 Å². The van der Waals surface area contributed by atoms with Gasteiger partial charge in [0.1, 0.15) is 6.10 Å². The molecule has 4 aliphatic rings. The van der Waals surface area contributed by atoms with Crippen molar-refractivity contribution in [1.82, 2.24) is 4.90 Å². The second kappa shape index (κ2) is 10.3. The lowest BCUT2D eigenvalue weighted by molar-refractivity contribution is -0.236. The molecule has 0 amide bonds. The summed E-state index contributed by atoms with van der Waals surface area (Å²) in [5.41, 5.74) is -0.557. The predicted molar refractivity (Wildman–Crippen MR) is 133 cm³/mol. The van der Waals surface area contributed by atoms with Gasteiger partial charge in [0.15, 0.2) is 0 Å². The summed E-state index contributed by atoms with van der Waals surface area (Å²) in [6.07, 6.45) is 3.45. The third-order valence-electron chi connectivity index (χ3n) is 11.3. The van der Waals surface area contributed by atoms with Crippen molar-refractivity contribution in [1.29, 1.82) is 0 Å². The Kier molecular flexibility index (Phi) is 8.02. The lowest BCUT2D eigenvalue weighted by Crippen LogP contribution is -2.62. The van der Waals surface area contributed by atoms with Gasteiger partial charge in [-0.15, -0.1) is 0 Å². The molecule has 0 aromatic heterocycles. The Bertz CT molecular complexity index is 856. The molecule has 0 heterocycles. The Labute approximate surface area is 218 Å². The molecule has 4 aliphatic carbocycles. The van der Waals surface area contributed by atoms with E-state index in [1.165, 1.54) is 4.90 Å². The van der Waals surface area contributed by atoms with Gasteiger partial charge in [-0.2, -0.15) is 0 Å². The number of halogens is 2. The number of carboxylic acids is 2. The summed E-state index contributed by atoms with van der Waals surface area (Å²) in [5.74, 6) is -4.13. The van der Waals surface area contributed by atoms with Gasteiger partial charge in [0.05, 0.1) is 19.2 Å². The zero-order chi connectivity index (χ0) is 27.3. The minimum absolute atomic E-state index is 0.00451. The molecule has 0 radical (unpaired) electrons. The third-order valence-corrected chi connectivity index (χ3v) is 11.3. The first-order valence-corrected chi connectivity index (χ1v) is 14.1. The summed E-state index contributed by atoms with van der Waals surface area (Å²) in [7, 11) is 0. The Balaban J connectivity index is 1.43. The first kappa shape index (κ1) is 28.7. The van der Waals surface area contributed by atoms with Gasteiger partial charge in [0.2, 0.25) is 0 Å². The Hall–Kier alpha value is -1.32. The van der Waals surface area contributed by atoms with Crippen LogP contribution < -0.4 is 0 Å². The molecule has 0 bridgehead atoms. The van der Waals surface area contributed by atoms with E-state index in [1.807, 2.05) is 6.92 Å². The molecule has 4 fully saturated rings. The second-order valence-electron chi connectivity index (χ2n) is 13.3. The maximum Gasteiger partial charge on any atom is 0.317 e. The normalized spacial score (nSPS) is 43.5. The van der Waals surface area contributed by atoms with Crippen molar-refractivity contribution < 1.29 is 38.8 Å². The number of alkyl halides is 2. The van der Waals surface area contributed by atoms with Crippen molar-refractivity contribution in [2.45, 2.75) is 96.7 Å². The highest BCUT2D eigenvalue weighted by atomic mass is 19.3. The van der Waals surface area contributed by atoms with E-state index in [2.05, 4.69) is 13.8 Å². The fourth-order valence-electron chi connectivity index (χ4n) is 9.64. The Morgan fingerprint density at radius 3 is 2.22 bits per heavy atom. The highest BCUT2D eigenvalue weighted by molar-refractivity contribution is 5.72. The molecule has 0 aromatic carbocycles. The zero-order valence-electron chi connectivity index (χ0n) is 22.4. The zero-order valence-corrected chi connectivity index (χ0v) is 22.4. The average Bonchev–Trinajstić information content (AvgIpc) is 3.12. The standard InChI is InChI=1S/C28H45F2NO6/c1-16(5-4-10-31(13-23(34)35)14-24(36)37)18-6-7-19-25-20(8-9-26(18,19)2)27(3)15-28(29,30)22(33)12-17(27)11-21(25)32/h16-22,25,32-33H,4-15H2,1-3H3,(H,34,35)(H,36,37)/t16-,17-,18-,19+,20+,21+,22-,25+,26-,27+/m1/s1. The monoisotopic (exact) mass is 529 g/mol. The van der Waals surface area contributed by atoms with Crippen LogP contribution in [0.1, 0.15) is 78.6 Å². The summed E-state index contributed by atoms with van der Waals surface area (Å²) < 4.78 is 29.4. The molecule has 0 spiro atoms. The number of carboxylic acid groups (broad SMARTS) is 2. The quantitative estimate of drug-likeness (QED) is 0.355. The van der Waals surface area contributed by atoms with Gasteiger partial charge in [-0.1, -0.05) is 20.8 Å². The van der Waals surface area contributed by atoms with Gasteiger partial charge in [0, 0.05) is 6.42 Å². The number of aliphatic carboxylic acids is 2. The summed E-state index contributed by atoms with van der Waals surface area (Å²) in [4.78, 5) is 23.6. The highest BCUT2D eigenvalue weighted by Crippen LogP contribution is 2.69. The van der Waals surface area contributed by atoms with Gasteiger partial charge in [-0.25, -0.2) is 8.78 Å². The maximum absolute atomic E-state index is 14.7. The first-order chi connectivity index (χ1) is 17.2. The van der Waals surface area contributed by atoms with Crippen molar-refractivity contribution in [3.05, 3.63) is 0 Å². The van der Waals surface area contributed by atoms with Crippen LogP contribution in [0.3, 0.4) is 0 Å². The largest absolute Gasteiger partial charge is 0.480 e. The molecular formula is C28H45F2NO6. The summed E-state index contributed by atoms with van der Waals surface area (Å²) in [6, 6.07) is 0. The van der Waals surface area contributed by atoms with E-state index in [-0.39, 0.29) is 55.0 Å². The number of aliphatic hydroxyl groups excluding tert-OH is 2. The van der Waals surface area contributed by atoms with Crippen LogP contribution in [0.2, 0.25) is 0 Å². The Morgan fingerprint density at radius 1 is 0.973 bits per heavy atom. The predicted octanol–water partition coefficient (Wildman–Crippen LogP) is 4.11. The number of hydrogen-bond acceptors (Lipinski definition) is 5. The summed E-state index contributed by atoms with van der Waals surface area (Å²) >= 11 is 0. The van der Waals surface area contributed by atoms with Crippen LogP contribution in [0.15, 0.2) is 0 Å². The van der Waals surface area contributed by atoms with Crippen LogP contribution in [0.25, 0.3) is 0 Å². The number of carbonyl (C=O) groups is 2. The van der Waals surface area contributed by atoms with Gasteiger partial charge in [-0.3, -0.25) is 14.5 Å². The van der Waals surface area contributed by atoms with Crippen LogP contribution in [-0.4, -0.2) is 75.0 Å². The van der Waals surface area contributed by atoms with E-state index in [0.717, 1.165) is 32.1 Å². The van der Waals surface area contributed by atoms with Crippen LogP contribution in [-0.2, 0) is 9.59 Å². The smallest absolute Gasteiger partial charge is 0.317 e. The van der Waals surface area contributed by atoms with E-state index in [0.29, 0.717) is 31.2 Å². The Morgan fingerprint density at radius 2 is 1.59 bits per heavy atom. The fourth-order valence-corrected chi connectivity index (χ4v) is 9.64. The van der Waals surface area contributed by atoms with Crippen molar-refractivity contribution >= 4 is 11.9 Å². The van der Waals surface area contributed by atoms with E-state index in [1.54, 1.807) is 0 Å². The van der Waals surface area contributed by atoms with Gasteiger partial charge < -0.3 is 20.4 Å². The molecular weight excluding hydrogens is 484 g/mol. The van der Waals surface area contributed by atoms with Crippen LogP contribution in [0.4, 0.5) is 8.78 Å². The summed E-state index contributed by atoms with van der Waals surface area (Å²) in [5, 5.41) is 39.6. The van der Waals surface area contributed by atoms with Crippen LogP contribution in [0.5, 0.6) is 0 Å². The topological polar surface area (TPSA) is 118 Å². The molecule has 0 unspecified atom stereocenters. The van der Waals surface area contributed by atoms with Gasteiger partial charge in [-0.05, 0) is 104 Å². The average molecular weight is 530 g/mol. The molecule has 10 atom stereocenters. The molecule has 0 saturated heterocycles. The minimum atomic E-state index is -3.08. The van der Waals surface area contributed by atoms with Crippen molar-refractivity contribution in [3.8, 4) is 0 Å². The summed E-state index contributed by atoms with van der Waals surface area (Å²) in [6.45, 7) is 6.36. The molecule has 212 valence electrons. The molecule has 4 N–H and O–H groups in total. The van der Waals surface area contributed by atoms with Crippen LogP contribution >= 0.6 is 0 Å². The second-order valence-corrected chi connectivity index (χ2v) is 13.3. The van der Waals surface area contributed by atoms with Crippen molar-refractivity contribution in [2.75, 3.05) is 19.6 Å². The minimum Gasteiger partial charge on any atom is -0.480 e. The molecule has 0 aromatic rings. The van der Waals surface area contributed by atoms with E-state index < -0.39 is 35.5 Å². The molecule has 0 aliphatic heterocycles. The van der Waals surface area contributed by atoms with Gasteiger partial charge >= 0.3 is 11.9 Å². The number of hydrogen-bond donors (Lipinski definition) is 4. The molecule has 9 heteroatoms. The number of aliphatic hydroxyl groups is 2. The lowest BCUT2D eigenvalue weighted by Gasteiger charge is -2.63. The van der Waals surface area contributed by atoms with E-state index in [9.17, 15) is 28.6 Å². The molecule has 4 saturated carbocycles. The lowest BCUT2D eigenvalue weighted by atomic mass is 9.43. The van der Waals surface area contributed by atoms with Gasteiger partial charge in [0.25, 0.3) is 5.92 Å². The fraction of sp³-hybridized carbons (Fsp3) is 0.929. The molecule has 37 heavy (non-hydrogen) atoms. The number of nitrogens with zero attached hydrogens (tertiary/aromatic N) is 1. The van der Waals surface area contributed by atoms with Crippen molar-refractivity contribution in [3.63, 3.8) is 0 Å².